The predicted molar refractivity (Wildman–Crippen MR) is 117 cm³/mol. The lowest BCUT2D eigenvalue weighted by Crippen LogP contribution is -2.41. The first-order chi connectivity index (χ1) is 13.9. The van der Waals surface area contributed by atoms with Crippen molar-refractivity contribution >= 4 is 28.6 Å². The van der Waals surface area contributed by atoms with Gasteiger partial charge in [-0.25, -0.2) is 4.98 Å². The number of benzene rings is 2. The summed E-state index contributed by atoms with van der Waals surface area (Å²) in [7, 11) is 0. The Morgan fingerprint density at radius 3 is 2.41 bits per heavy atom. The van der Waals surface area contributed by atoms with Crippen LogP contribution >= 0.6 is 0 Å². The van der Waals surface area contributed by atoms with Gasteiger partial charge in [0.05, 0.1) is 29.8 Å². The number of rotatable bonds is 3. The number of amides is 1. The molecule has 5 heteroatoms. The second-order valence-electron chi connectivity index (χ2n) is 8.44. The van der Waals surface area contributed by atoms with Crippen LogP contribution in [0.2, 0.25) is 0 Å². The van der Waals surface area contributed by atoms with E-state index in [0.717, 1.165) is 16.6 Å². The maximum atomic E-state index is 13.3. The molecule has 0 bridgehead atoms. The molecule has 1 aromatic heterocycles. The number of ether oxygens (including phenoxy) is 1. The smallest absolute Gasteiger partial charge is 0.257 e. The summed E-state index contributed by atoms with van der Waals surface area (Å²) in [6.07, 6.45) is 1.93. The Balaban J connectivity index is 1.74. The van der Waals surface area contributed by atoms with Gasteiger partial charge < -0.3 is 14.6 Å². The third-order valence-electron chi connectivity index (χ3n) is 5.26. The number of nitrogens with one attached hydrogen (secondary N) is 1. The molecular weight excluding hydrogens is 362 g/mol. The Bertz CT molecular complexity index is 1000. The number of hydrogen-bond acceptors (Lipinski definition) is 3. The molecule has 29 heavy (non-hydrogen) atoms. The number of H-pyrrole nitrogens is 1. The summed E-state index contributed by atoms with van der Waals surface area (Å²) in [6, 6.07) is 16.2. The molecule has 1 N–H and O–H groups in total. The van der Waals surface area contributed by atoms with Crippen molar-refractivity contribution in [3.05, 3.63) is 65.5 Å². The highest BCUT2D eigenvalue weighted by molar-refractivity contribution is 6.23. The Hall–Kier alpha value is -2.92. The van der Waals surface area contributed by atoms with E-state index in [9.17, 15) is 4.79 Å². The standard InChI is InChI=1S/C24H27N3O2/c1-24(2,3)18-10-8-17(9-11-18)16-19(23(28)27-12-14-29-15-13-27)22-25-20-6-4-5-7-21(20)26-22/h4-11,16H,12-15H2,1-3H3,(H,25,26). The summed E-state index contributed by atoms with van der Waals surface area (Å²) in [4.78, 5) is 23.2. The number of nitrogens with zero attached hydrogens (tertiary/aromatic N) is 2. The van der Waals surface area contributed by atoms with E-state index >= 15 is 0 Å². The van der Waals surface area contributed by atoms with Crippen LogP contribution in [-0.2, 0) is 14.9 Å². The Labute approximate surface area is 171 Å². The SMILES string of the molecule is CC(C)(C)c1ccc(C=C(C(=O)N2CCOCC2)c2nc3ccccc3[nH]2)cc1. The average molecular weight is 389 g/mol. The topological polar surface area (TPSA) is 58.2 Å². The van der Waals surface area contributed by atoms with E-state index in [-0.39, 0.29) is 11.3 Å². The van der Waals surface area contributed by atoms with Gasteiger partial charge in [-0.15, -0.1) is 0 Å². The van der Waals surface area contributed by atoms with Gasteiger partial charge in [-0.05, 0) is 34.8 Å². The summed E-state index contributed by atoms with van der Waals surface area (Å²) in [5.74, 6) is 0.579. The van der Waals surface area contributed by atoms with Gasteiger partial charge in [-0.2, -0.15) is 0 Å². The number of aromatic amines is 1. The van der Waals surface area contributed by atoms with E-state index in [2.05, 4.69) is 55.0 Å². The lowest BCUT2D eigenvalue weighted by Gasteiger charge is -2.27. The van der Waals surface area contributed by atoms with Crippen LogP contribution < -0.4 is 0 Å². The van der Waals surface area contributed by atoms with E-state index in [1.165, 1.54) is 5.56 Å². The molecule has 1 aliphatic heterocycles. The maximum absolute atomic E-state index is 13.3. The Morgan fingerprint density at radius 2 is 1.76 bits per heavy atom. The van der Waals surface area contributed by atoms with Crippen molar-refractivity contribution in [3.63, 3.8) is 0 Å². The van der Waals surface area contributed by atoms with E-state index in [0.29, 0.717) is 37.7 Å². The predicted octanol–water partition coefficient (Wildman–Crippen LogP) is 4.26. The van der Waals surface area contributed by atoms with Crippen LogP contribution in [0.5, 0.6) is 0 Å². The van der Waals surface area contributed by atoms with E-state index in [1.54, 1.807) is 0 Å². The number of carbonyl (C=O) groups excluding carboxylic acids is 1. The Morgan fingerprint density at radius 1 is 1.07 bits per heavy atom. The summed E-state index contributed by atoms with van der Waals surface area (Å²) in [6.45, 7) is 8.91. The molecular formula is C24H27N3O2. The first-order valence-corrected chi connectivity index (χ1v) is 10.1. The van der Waals surface area contributed by atoms with Crippen molar-refractivity contribution in [2.75, 3.05) is 26.3 Å². The molecule has 1 aliphatic rings. The number of carbonyl (C=O) groups is 1. The van der Waals surface area contributed by atoms with E-state index in [1.807, 2.05) is 35.2 Å². The van der Waals surface area contributed by atoms with Gasteiger partial charge >= 0.3 is 0 Å². The lowest BCUT2D eigenvalue weighted by molar-refractivity contribution is -0.128. The number of imidazole rings is 1. The summed E-state index contributed by atoms with van der Waals surface area (Å²) in [5, 5.41) is 0. The minimum Gasteiger partial charge on any atom is -0.378 e. The molecule has 4 rings (SSSR count). The fourth-order valence-electron chi connectivity index (χ4n) is 3.49. The maximum Gasteiger partial charge on any atom is 0.257 e. The zero-order valence-corrected chi connectivity index (χ0v) is 17.2. The van der Waals surface area contributed by atoms with Crippen molar-refractivity contribution in [2.45, 2.75) is 26.2 Å². The zero-order valence-electron chi connectivity index (χ0n) is 17.2. The van der Waals surface area contributed by atoms with Crippen LogP contribution in [0.3, 0.4) is 0 Å². The average Bonchev–Trinajstić information content (AvgIpc) is 3.16. The molecule has 3 aromatic rings. The third-order valence-corrected chi connectivity index (χ3v) is 5.26. The van der Waals surface area contributed by atoms with Crippen LogP contribution in [0.1, 0.15) is 37.7 Å². The second kappa shape index (κ2) is 7.84. The lowest BCUT2D eigenvalue weighted by atomic mass is 9.86. The minimum absolute atomic E-state index is 0.0211. The van der Waals surface area contributed by atoms with Gasteiger partial charge in [0.25, 0.3) is 5.91 Å². The molecule has 2 aromatic carbocycles. The highest BCUT2D eigenvalue weighted by atomic mass is 16.5. The normalized spacial score (nSPS) is 15.7. The molecule has 0 aliphatic carbocycles. The van der Waals surface area contributed by atoms with E-state index in [4.69, 9.17) is 4.74 Å². The molecule has 5 nitrogen and oxygen atoms in total. The molecule has 1 fully saturated rings. The number of para-hydroxylation sites is 2. The van der Waals surface area contributed by atoms with Crippen molar-refractivity contribution in [1.82, 2.24) is 14.9 Å². The first-order valence-electron chi connectivity index (χ1n) is 10.1. The van der Waals surface area contributed by atoms with Crippen LogP contribution in [0.4, 0.5) is 0 Å². The van der Waals surface area contributed by atoms with Crippen LogP contribution in [0, 0.1) is 0 Å². The van der Waals surface area contributed by atoms with Crippen molar-refractivity contribution in [3.8, 4) is 0 Å². The minimum atomic E-state index is -0.0211. The fraction of sp³-hybridized carbons (Fsp3) is 0.333. The summed E-state index contributed by atoms with van der Waals surface area (Å²) >= 11 is 0. The number of fused-ring (bicyclic) bond motifs is 1. The van der Waals surface area contributed by atoms with Crippen LogP contribution in [0.15, 0.2) is 48.5 Å². The van der Waals surface area contributed by atoms with Crippen molar-refractivity contribution in [1.29, 1.82) is 0 Å². The van der Waals surface area contributed by atoms with Gasteiger partial charge in [-0.3, -0.25) is 4.79 Å². The van der Waals surface area contributed by atoms with Crippen LogP contribution in [-0.4, -0.2) is 47.1 Å². The van der Waals surface area contributed by atoms with Crippen molar-refractivity contribution < 1.29 is 9.53 Å². The summed E-state index contributed by atoms with van der Waals surface area (Å²) in [5.41, 5.74) is 4.69. The molecule has 0 atom stereocenters. The van der Waals surface area contributed by atoms with Crippen molar-refractivity contribution in [2.24, 2.45) is 0 Å². The number of morpholine rings is 1. The van der Waals surface area contributed by atoms with Gasteiger partial charge in [0.1, 0.15) is 5.82 Å². The molecule has 2 heterocycles. The van der Waals surface area contributed by atoms with Crippen LogP contribution in [0.25, 0.3) is 22.7 Å². The molecule has 0 spiro atoms. The third kappa shape index (κ3) is 4.25. The van der Waals surface area contributed by atoms with Gasteiger partial charge in [0.2, 0.25) is 0 Å². The summed E-state index contributed by atoms with van der Waals surface area (Å²) < 4.78 is 5.41. The highest BCUT2D eigenvalue weighted by Gasteiger charge is 2.24. The molecule has 0 saturated carbocycles. The Kier molecular flexibility index (Phi) is 5.24. The van der Waals surface area contributed by atoms with Gasteiger partial charge in [-0.1, -0.05) is 57.2 Å². The second-order valence-corrected chi connectivity index (χ2v) is 8.44. The number of hydrogen-bond donors (Lipinski definition) is 1. The molecule has 150 valence electrons. The largest absolute Gasteiger partial charge is 0.378 e. The quantitative estimate of drug-likeness (QED) is 0.681. The molecule has 1 saturated heterocycles. The van der Waals surface area contributed by atoms with E-state index < -0.39 is 0 Å². The molecule has 1 amide bonds. The first kappa shape index (κ1) is 19.4. The van der Waals surface area contributed by atoms with Gasteiger partial charge in [0, 0.05) is 13.1 Å². The monoisotopic (exact) mass is 389 g/mol. The van der Waals surface area contributed by atoms with Gasteiger partial charge in [0.15, 0.2) is 0 Å². The molecule has 0 radical (unpaired) electrons. The molecule has 0 unspecified atom stereocenters. The highest BCUT2D eigenvalue weighted by Crippen LogP contribution is 2.25. The zero-order chi connectivity index (χ0) is 20.4. The number of aromatic nitrogens is 2. The fourth-order valence-corrected chi connectivity index (χ4v) is 3.49.